The van der Waals surface area contributed by atoms with E-state index in [0.29, 0.717) is 18.4 Å². The first-order valence-electron chi connectivity index (χ1n) is 6.27. The molecule has 0 radical (unpaired) electrons. The van der Waals surface area contributed by atoms with Crippen LogP contribution >= 0.6 is 0 Å². The van der Waals surface area contributed by atoms with Gasteiger partial charge in [0, 0.05) is 23.7 Å². The summed E-state index contributed by atoms with van der Waals surface area (Å²) in [5.41, 5.74) is 4.57. The van der Waals surface area contributed by atoms with Crippen molar-refractivity contribution in [1.29, 1.82) is 0 Å². The first kappa shape index (κ1) is 12.2. The van der Waals surface area contributed by atoms with E-state index in [9.17, 15) is 0 Å². The van der Waals surface area contributed by atoms with E-state index in [1.54, 1.807) is 0 Å². The highest BCUT2D eigenvalue weighted by molar-refractivity contribution is 5.62. The summed E-state index contributed by atoms with van der Waals surface area (Å²) in [5, 5.41) is 11.1. The first-order chi connectivity index (χ1) is 9.20. The zero-order valence-corrected chi connectivity index (χ0v) is 11.1. The number of aromatic nitrogens is 1. The minimum absolute atomic E-state index is 0.354. The van der Waals surface area contributed by atoms with E-state index in [-0.39, 0.29) is 0 Å². The highest BCUT2D eigenvalue weighted by Gasteiger charge is 2.27. The summed E-state index contributed by atoms with van der Waals surface area (Å²) in [6, 6.07) is 0.354. The fourth-order valence-electron chi connectivity index (χ4n) is 2.84. The molecule has 0 saturated heterocycles. The lowest BCUT2D eigenvalue weighted by Gasteiger charge is -2.22. The fraction of sp³-hybridized carbons (Fsp3) is 0.357. The molecule has 2 N–H and O–H groups in total. The van der Waals surface area contributed by atoms with Crippen LogP contribution < -0.4 is 15.9 Å². The van der Waals surface area contributed by atoms with E-state index in [4.69, 9.17) is 9.94 Å². The summed E-state index contributed by atoms with van der Waals surface area (Å²) in [7, 11) is 4.16. The number of nitrogens with zero attached hydrogens (tertiary/aromatic N) is 2. The largest absolute Gasteiger partial charge is 0.488 e. The number of ether oxygens (including phenoxy) is 1. The van der Waals surface area contributed by atoms with Crippen molar-refractivity contribution in [3.8, 4) is 0 Å². The Bertz CT molecular complexity index is 649. The van der Waals surface area contributed by atoms with Crippen LogP contribution in [0.25, 0.3) is 11.6 Å². The van der Waals surface area contributed by atoms with Gasteiger partial charge in [-0.2, -0.15) is 0 Å². The summed E-state index contributed by atoms with van der Waals surface area (Å²) in [6.45, 7) is 0.539. The molecule has 3 rings (SSSR count). The molecule has 0 bridgehead atoms. The highest BCUT2D eigenvalue weighted by atomic mass is 16.5. The van der Waals surface area contributed by atoms with Crippen molar-refractivity contribution in [1.82, 2.24) is 15.4 Å². The lowest BCUT2D eigenvalue weighted by molar-refractivity contribution is 0.199. The molecule has 5 nitrogen and oxygen atoms in total. The lowest BCUT2D eigenvalue weighted by Crippen LogP contribution is -2.32. The smallest absolute Gasteiger partial charge is 0.138 e. The van der Waals surface area contributed by atoms with Crippen molar-refractivity contribution in [2.45, 2.75) is 12.5 Å². The van der Waals surface area contributed by atoms with Gasteiger partial charge in [0.1, 0.15) is 12.4 Å². The van der Waals surface area contributed by atoms with Gasteiger partial charge < -0.3 is 9.64 Å². The maximum absolute atomic E-state index is 8.78. The molecule has 1 atom stereocenters. The average molecular weight is 259 g/mol. The van der Waals surface area contributed by atoms with Crippen LogP contribution in [-0.2, 0) is 11.2 Å². The molecule has 0 amide bonds. The summed E-state index contributed by atoms with van der Waals surface area (Å²) >= 11 is 0. The van der Waals surface area contributed by atoms with Crippen molar-refractivity contribution in [2.24, 2.45) is 0 Å². The fourth-order valence-corrected chi connectivity index (χ4v) is 2.84. The molecule has 0 saturated carbocycles. The Morgan fingerprint density at radius 2 is 2.32 bits per heavy atom. The minimum atomic E-state index is 0.354. The van der Waals surface area contributed by atoms with Crippen LogP contribution in [-0.4, -0.2) is 41.8 Å². The third-order valence-corrected chi connectivity index (χ3v) is 3.71. The van der Waals surface area contributed by atoms with Crippen molar-refractivity contribution in [2.75, 3.05) is 20.7 Å². The lowest BCUT2D eigenvalue weighted by atomic mass is 10.1. The van der Waals surface area contributed by atoms with Gasteiger partial charge in [0.15, 0.2) is 0 Å². The Kier molecular flexibility index (Phi) is 3.00. The van der Waals surface area contributed by atoms with Crippen molar-refractivity contribution < 1.29 is 9.94 Å². The Morgan fingerprint density at radius 3 is 3.05 bits per heavy atom. The summed E-state index contributed by atoms with van der Waals surface area (Å²) in [5.74, 6) is 0.608. The molecule has 1 unspecified atom stereocenters. The summed E-state index contributed by atoms with van der Waals surface area (Å²) in [6.07, 6.45) is 8.10. The molecule has 2 heterocycles. The number of likely N-dealkylation sites (N-methyl/N-ethyl adjacent to an activating group) is 1. The molecule has 1 aromatic rings. The predicted molar refractivity (Wildman–Crippen MR) is 71.5 cm³/mol. The zero-order chi connectivity index (χ0) is 13.4. The van der Waals surface area contributed by atoms with Crippen LogP contribution in [0.15, 0.2) is 24.4 Å². The van der Waals surface area contributed by atoms with E-state index in [1.165, 1.54) is 22.6 Å². The van der Waals surface area contributed by atoms with Gasteiger partial charge in [-0.1, -0.05) is 0 Å². The van der Waals surface area contributed by atoms with E-state index in [2.05, 4.69) is 24.0 Å². The van der Waals surface area contributed by atoms with Crippen LogP contribution in [0.5, 0.6) is 0 Å². The van der Waals surface area contributed by atoms with Gasteiger partial charge >= 0.3 is 0 Å². The molecule has 0 fully saturated rings. The maximum atomic E-state index is 8.78. The second kappa shape index (κ2) is 4.68. The van der Waals surface area contributed by atoms with Crippen LogP contribution in [0.2, 0.25) is 0 Å². The molecular formula is C14H17N3O2. The standard InChI is InChI=1S/C14H17N3O2/c1-17(2)13-4-10-6-15-5-9-3-11(7-16-18)19-8-12(13)14(9)10/h3,5-7,13,16,18H,4,8H2,1-2H3/b11-7-. The van der Waals surface area contributed by atoms with E-state index in [1.807, 2.05) is 23.9 Å². The normalized spacial score (nSPS) is 22.8. The second-order valence-electron chi connectivity index (χ2n) is 5.08. The van der Waals surface area contributed by atoms with Crippen molar-refractivity contribution in [3.63, 3.8) is 0 Å². The Balaban J connectivity index is 2.23. The monoisotopic (exact) mass is 259 g/mol. The number of pyridine rings is 1. The van der Waals surface area contributed by atoms with Crippen LogP contribution in [0.3, 0.4) is 0 Å². The molecule has 0 spiro atoms. The van der Waals surface area contributed by atoms with Gasteiger partial charge in [-0.3, -0.25) is 15.7 Å². The Morgan fingerprint density at radius 1 is 1.47 bits per heavy atom. The average Bonchev–Trinajstić information content (AvgIpc) is 2.66. The number of hydrogen-bond donors (Lipinski definition) is 2. The summed E-state index contributed by atoms with van der Waals surface area (Å²) < 4.78 is 5.73. The van der Waals surface area contributed by atoms with E-state index in [0.717, 1.165) is 11.6 Å². The third kappa shape index (κ3) is 2.01. The summed E-state index contributed by atoms with van der Waals surface area (Å²) in [4.78, 5) is 6.51. The molecule has 1 aliphatic heterocycles. The predicted octanol–water partition coefficient (Wildman–Crippen LogP) is -0.650. The number of allylic oxidation sites excluding steroid dienone is 1. The molecular weight excluding hydrogens is 242 g/mol. The van der Waals surface area contributed by atoms with Crippen molar-refractivity contribution in [3.05, 3.63) is 40.4 Å². The molecule has 100 valence electrons. The van der Waals surface area contributed by atoms with E-state index >= 15 is 0 Å². The Hall–Kier alpha value is -1.85. The third-order valence-electron chi connectivity index (χ3n) is 3.71. The zero-order valence-electron chi connectivity index (χ0n) is 11.1. The van der Waals surface area contributed by atoms with Crippen molar-refractivity contribution >= 4 is 11.6 Å². The number of hydroxylamine groups is 1. The topological polar surface area (TPSA) is 57.6 Å². The number of hydrogen-bond acceptors (Lipinski definition) is 5. The SMILES string of the molecule is CN(C)C1Cc2cncc3c2=C1CO/C(=C\NO)C=3. The maximum Gasteiger partial charge on any atom is 0.138 e. The number of rotatable bonds is 2. The molecule has 5 heteroatoms. The minimum Gasteiger partial charge on any atom is -0.488 e. The molecule has 1 aliphatic carbocycles. The Labute approximate surface area is 111 Å². The molecule has 2 aliphatic rings. The first-order valence-corrected chi connectivity index (χ1v) is 6.27. The highest BCUT2D eigenvalue weighted by Crippen LogP contribution is 2.20. The molecule has 1 aromatic heterocycles. The quantitative estimate of drug-likeness (QED) is 0.691. The van der Waals surface area contributed by atoms with Gasteiger partial charge in [-0.15, -0.1) is 0 Å². The van der Waals surface area contributed by atoms with Gasteiger partial charge in [-0.05, 0) is 42.9 Å². The van der Waals surface area contributed by atoms with E-state index < -0.39 is 0 Å². The number of nitrogens with one attached hydrogen (secondary N) is 1. The van der Waals surface area contributed by atoms with Crippen LogP contribution in [0.4, 0.5) is 0 Å². The van der Waals surface area contributed by atoms with Gasteiger partial charge in [0.05, 0.1) is 6.20 Å². The molecule has 19 heavy (non-hydrogen) atoms. The second-order valence-corrected chi connectivity index (χ2v) is 5.08. The van der Waals surface area contributed by atoms with Gasteiger partial charge in [0.2, 0.25) is 0 Å². The van der Waals surface area contributed by atoms with Crippen LogP contribution in [0, 0.1) is 0 Å². The van der Waals surface area contributed by atoms with Gasteiger partial charge in [0.25, 0.3) is 0 Å². The van der Waals surface area contributed by atoms with Gasteiger partial charge in [-0.25, -0.2) is 0 Å². The van der Waals surface area contributed by atoms with Crippen LogP contribution in [0.1, 0.15) is 5.56 Å². The molecule has 0 aromatic carbocycles.